The summed E-state index contributed by atoms with van der Waals surface area (Å²) in [6.07, 6.45) is 3.81. The molecule has 1 heterocycles. The van der Waals surface area contributed by atoms with Gasteiger partial charge < -0.3 is 10.3 Å². The molecular formula is C15H19N3O. The Bertz CT molecular complexity index is 547. The maximum atomic E-state index is 5.92. The molecule has 100 valence electrons. The zero-order chi connectivity index (χ0) is 13.2. The molecule has 2 unspecified atom stereocenters. The maximum Gasteiger partial charge on any atom is 0.229 e. The first-order valence-corrected chi connectivity index (χ1v) is 6.84. The molecular weight excluding hydrogens is 238 g/mol. The summed E-state index contributed by atoms with van der Waals surface area (Å²) in [5.74, 6) is 1.88. The molecule has 0 amide bonds. The van der Waals surface area contributed by atoms with Crippen molar-refractivity contribution < 1.29 is 4.52 Å². The normalized spacial score (nSPS) is 22.8. The molecule has 1 aromatic carbocycles. The van der Waals surface area contributed by atoms with Crippen molar-refractivity contribution in [2.45, 2.75) is 44.6 Å². The van der Waals surface area contributed by atoms with Gasteiger partial charge in [0.2, 0.25) is 5.89 Å². The minimum Gasteiger partial charge on any atom is -0.339 e. The maximum absolute atomic E-state index is 5.92. The molecule has 2 aromatic rings. The van der Waals surface area contributed by atoms with Gasteiger partial charge in [-0.1, -0.05) is 35.0 Å². The lowest BCUT2D eigenvalue weighted by Gasteiger charge is -2.01. The molecule has 0 radical (unpaired) electrons. The van der Waals surface area contributed by atoms with E-state index in [1.165, 1.54) is 11.1 Å². The van der Waals surface area contributed by atoms with E-state index in [1.807, 2.05) is 0 Å². The number of nitrogens with zero attached hydrogens (tertiary/aromatic N) is 2. The van der Waals surface area contributed by atoms with Gasteiger partial charge in [0, 0.05) is 18.4 Å². The van der Waals surface area contributed by atoms with Gasteiger partial charge >= 0.3 is 0 Å². The molecule has 4 heteroatoms. The van der Waals surface area contributed by atoms with Gasteiger partial charge in [0.1, 0.15) is 0 Å². The minimum absolute atomic E-state index is 0.289. The van der Waals surface area contributed by atoms with Crippen LogP contribution in [0.15, 0.2) is 28.8 Å². The Kier molecular flexibility index (Phi) is 3.34. The second kappa shape index (κ2) is 5.13. The number of aromatic nitrogens is 2. The highest BCUT2D eigenvalue weighted by molar-refractivity contribution is 5.23. The van der Waals surface area contributed by atoms with Gasteiger partial charge in [0.15, 0.2) is 5.82 Å². The van der Waals surface area contributed by atoms with E-state index in [-0.39, 0.29) is 6.04 Å². The number of aryl methyl sites for hydroxylation is 1. The van der Waals surface area contributed by atoms with Crippen molar-refractivity contribution in [1.29, 1.82) is 0 Å². The Morgan fingerprint density at radius 3 is 2.74 bits per heavy atom. The molecule has 3 rings (SSSR count). The van der Waals surface area contributed by atoms with Crippen molar-refractivity contribution in [2.75, 3.05) is 0 Å². The quantitative estimate of drug-likeness (QED) is 0.917. The van der Waals surface area contributed by atoms with Crippen LogP contribution < -0.4 is 5.73 Å². The number of hydrogen-bond acceptors (Lipinski definition) is 4. The summed E-state index contributed by atoms with van der Waals surface area (Å²) < 4.78 is 5.38. The fraction of sp³-hybridized carbons (Fsp3) is 0.467. The van der Waals surface area contributed by atoms with Gasteiger partial charge in [-0.05, 0) is 31.7 Å². The van der Waals surface area contributed by atoms with Gasteiger partial charge in [-0.2, -0.15) is 4.98 Å². The molecule has 1 aliphatic carbocycles. The molecule has 1 fully saturated rings. The lowest BCUT2D eigenvalue weighted by Crippen LogP contribution is -2.14. The molecule has 1 saturated carbocycles. The highest BCUT2D eigenvalue weighted by Crippen LogP contribution is 2.32. The van der Waals surface area contributed by atoms with Crippen LogP contribution in [0.5, 0.6) is 0 Å². The summed E-state index contributed by atoms with van der Waals surface area (Å²) >= 11 is 0. The average Bonchev–Trinajstić information content (AvgIpc) is 3.01. The summed E-state index contributed by atoms with van der Waals surface area (Å²) in [5, 5.41) is 4.08. The van der Waals surface area contributed by atoms with Crippen LogP contribution in [0.1, 0.15) is 48.0 Å². The molecule has 0 bridgehead atoms. The highest BCUT2D eigenvalue weighted by atomic mass is 16.5. The fourth-order valence-electron chi connectivity index (χ4n) is 2.63. The Balaban J connectivity index is 1.69. The van der Waals surface area contributed by atoms with E-state index in [9.17, 15) is 0 Å². The summed E-state index contributed by atoms with van der Waals surface area (Å²) in [7, 11) is 0. The minimum atomic E-state index is 0.289. The third kappa shape index (κ3) is 2.84. The van der Waals surface area contributed by atoms with Crippen molar-refractivity contribution in [2.24, 2.45) is 5.73 Å². The Hall–Kier alpha value is -1.68. The lowest BCUT2D eigenvalue weighted by atomic mass is 10.1. The third-order valence-corrected chi connectivity index (χ3v) is 3.79. The van der Waals surface area contributed by atoms with Crippen molar-refractivity contribution in [3.05, 3.63) is 47.1 Å². The highest BCUT2D eigenvalue weighted by Gasteiger charge is 2.27. The Morgan fingerprint density at radius 1 is 1.26 bits per heavy atom. The van der Waals surface area contributed by atoms with Crippen molar-refractivity contribution >= 4 is 0 Å². The van der Waals surface area contributed by atoms with E-state index in [0.717, 1.165) is 37.4 Å². The molecule has 1 aromatic heterocycles. The molecule has 1 aliphatic rings. The largest absolute Gasteiger partial charge is 0.339 e. The van der Waals surface area contributed by atoms with E-state index in [2.05, 4.69) is 41.3 Å². The van der Waals surface area contributed by atoms with Crippen molar-refractivity contribution in [3.8, 4) is 0 Å². The standard InChI is InChI=1S/C15H19N3O/c1-10-2-4-11(5-3-10)8-14-17-15(19-18-14)12-6-7-13(16)9-12/h2-5,12-13H,6-9,16H2,1H3. The van der Waals surface area contributed by atoms with E-state index in [1.54, 1.807) is 0 Å². The molecule has 19 heavy (non-hydrogen) atoms. The van der Waals surface area contributed by atoms with Gasteiger partial charge in [-0.25, -0.2) is 0 Å². The van der Waals surface area contributed by atoms with Crippen LogP contribution >= 0.6 is 0 Å². The fourth-order valence-corrected chi connectivity index (χ4v) is 2.63. The molecule has 2 atom stereocenters. The molecule has 0 aliphatic heterocycles. The van der Waals surface area contributed by atoms with E-state index >= 15 is 0 Å². The zero-order valence-corrected chi connectivity index (χ0v) is 11.2. The number of benzene rings is 1. The molecule has 0 spiro atoms. The number of hydrogen-bond donors (Lipinski definition) is 1. The third-order valence-electron chi connectivity index (χ3n) is 3.79. The van der Waals surface area contributed by atoms with E-state index in [4.69, 9.17) is 10.3 Å². The Morgan fingerprint density at radius 2 is 2.05 bits per heavy atom. The first-order valence-electron chi connectivity index (χ1n) is 6.84. The van der Waals surface area contributed by atoms with Crippen LogP contribution in [0.25, 0.3) is 0 Å². The summed E-state index contributed by atoms with van der Waals surface area (Å²) in [6.45, 7) is 2.08. The second-order valence-corrected chi connectivity index (χ2v) is 5.48. The van der Waals surface area contributed by atoms with Crippen LogP contribution in [0.4, 0.5) is 0 Å². The van der Waals surface area contributed by atoms with Crippen LogP contribution in [-0.4, -0.2) is 16.2 Å². The smallest absolute Gasteiger partial charge is 0.229 e. The molecule has 0 saturated heterocycles. The topological polar surface area (TPSA) is 64.9 Å². The first kappa shape index (κ1) is 12.4. The average molecular weight is 257 g/mol. The van der Waals surface area contributed by atoms with Crippen LogP contribution in [0.2, 0.25) is 0 Å². The Labute approximate surface area is 113 Å². The second-order valence-electron chi connectivity index (χ2n) is 5.48. The monoisotopic (exact) mass is 257 g/mol. The zero-order valence-electron chi connectivity index (χ0n) is 11.2. The van der Waals surface area contributed by atoms with E-state index < -0.39 is 0 Å². The van der Waals surface area contributed by atoms with E-state index in [0.29, 0.717) is 5.92 Å². The summed E-state index contributed by atoms with van der Waals surface area (Å²) in [6, 6.07) is 8.71. The SMILES string of the molecule is Cc1ccc(Cc2noc(C3CCC(N)C3)n2)cc1. The summed E-state index contributed by atoms with van der Waals surface area (Å²) in [4.78, 5) is 4.51. The predicted octanol–water partition coefficient (Wildman–Crippen LogP) is 2.56. The van der Waals surface area contributed by atoms with Gasteiger partial charge in [-0.3, -0.25) is 0 Å². The van der Waals surface area contributed by atoms with Gasteiger partial charge in [0.05, 0.1) is 0 Å². The van der Waals surface area contributed by atoms with Crippen molar-refractivity contribution in [1.82, 2.24) is 10.1 Å². The summed E-state index contributed by atoms with van der Waals surface area (Å²) in [5.41, 5.74) is 8.39. The lowest BCUT2D eigenvalue weighted by molar-refractivity contribution is 0.350. The number of rotatable bonds is 3. The number of nitrogens with two attached hydrogens (primary N) is 1. The van der Waals surface area contributed by atoms with Crippen LogP contribution in [-0.2, 0) is 6.42 Å². The molecule has 2 N–H and O–H groups in total. The van der Waals surface area contributed by atoms with Crippen LogP contribution in [0.3, 0.4) is 0 Å². The van der Waals surface area contributed by atoms with Crippen molar-refractivity contribution in [3.63, 3.8) is 0 Å². The first-order chi connectivity index (χ1) is 9.20. The molecule has 4 nitrogen and oxygen atoms in total. The van der Waals surface area contributed by atoms with Crippen LogP contribution in [0, 0.1) is 6.92 Å². The van der Waals surface area contributed by atoms with Gasteiger partial charge in [0.25, 0.3) is 0 Å². The van der Waals surface area contributed by atoms with Gasteiger partial charge in [-0.15, -0.1) is 0 Å². The predicted molar refractivity (Wildman–Crippen MR) is 72.9 cm³/mol.